The van der Waals surface area contributed by atoms with Crippen molar-refractivity contribution in [1.82, 2.24) is 5.32 Å². The molecule has 0 fully saturated rings. The number of carbonyl (C=O) groups is 1. The van der Waals surface area contributed by atoms with Gasteiger partial charge in [-0.1, -0.05) is 11.6 Å². The minimum atomic E-state index is -0.712. The Morgan fingerprint density at radius 1 is 1.69 bits per heavy atom. The van der Waals surface area contributed by atoms with Gasteiger partial charge >= 0.3 is 0 Å². The number of rotatable bonds is 4. The van der Waals surface area contributed by atoms with Crippen molar-refractivity contribution in [3.05, 3.63) is 34.6 Å². The van der Waals surface area contributed by atoms with Crippen molar-refractivity contribution in [1.29, 1.82) is 0 Å². The van der Waals surface area contributed by atoms with Gasteiger partial charge in [0.25, 0.3) is 0 Å². The van der Waals surface area contributed by atoms with E-state index in [1.165, 1.54) is 6.07 Å². The molecule has 2 nitrogen and oxygen atoms in total. The van der Waals surface area contributed by atoms with E-state index in [1.54, 1.807) is 6.92 Å². The van der Waals surface area contributed by atoms with Crippen LogP contribution in [-0.2, 0) is 11.2 Å². The molecule has 1 aromatic carbocycles. The average molecular weight is 263 g/mol. The molecule has 0 aromatic heterocycles. The lowest BCUT2D eigenvalue weighted by atomic mass is 10.1. The van der Waals surface area contributed by atoms with Gasteiger partial charge in [-0.05, 0) is 31.0 Å². The minimum Gasteiger partial charge on any atom is -0.355 e. The molecule has 0 spiro atoms. The van der Waals surface area contributed by atoms with Crippen LogP contribution in [0.15, 0.2) is 12.1 Å². The monoisotopic (exact) mass is 262 g/mol. The zero-order valence-corrected chi connectivity index (χ0v) is 10.2. The fraction of sp³-hybridized carbons (Fsp3) is 0.364. The number of nitrogens with one attached hydrogen (secondary N) is 1. The fourth-order valence-corrected chi connectivity index (χ4v) is 1.67. The fourth-order valence-electron chi connectivity index (χ4n) is 1.20. The highest BCUT2D eigenvalue weighted by atomic mass is 35.5. The second kappa shape index (κ2) is 6.06. The number of alkyl halides is 1. The van der Waals surface area contributed by atoms with E-state index >= 15 is 0 Å². The molecule has 1 radical (unpaired) electrons. The third-order valence-corrected chi connectivity index (χ3v) is 2.68. The van der Waals surface area contributed by atoms with E-state index in [9.17, 15) is 9.18 Å². The van der Waals surface area contributed by atoms with E-state index in [0.29, 0.717) is 12.1 Å². The Kier molecular flexibility index (Phi) is 5.03. The molecule has 0 aliphatic carbocycles. The van der Waals surface area contributed by atoms with Gasteiger partial charge in [0.2, 0.25) is 5.91 Å². The lowest BCUT2D eigenvalue weighted by Crippen LogP contribution is -2.32. The first kappa shape index (κ1) is 13.3. The van der Waals surface area contributed by atoms with Gasteiger partial charge in [-0.3, -0.25) is 4.79 Å². The third kappa shape index (κ3) is 3.65. The SMILES string of the molecule is CCNC(=O)C(Cl)Cc1c[c]c(F)cc1Cl. The van der Waals surface area contributed by atoms with Gasteiger partial charge in [-0.2, -0.15) is 0 Å². The molecule has 1 aromatic rings. The van der Waals surface area contributed by atoms with E-state index in [2.05, 4.69) is 11.4 Å². The maximum atomic E-state index is 12.7. The highest BCUT2D eigenvalue weighted by molar-refractivity contribution is 6.32. The second-order valence-corrected chi connectivity index (χ2v) is 4.15. The number of carbonyl (C=O) groups excluding carboxylic acids is 1. The molecule has 0 aliphatic rings. The molecular weight excluding hydrogens is 252 g/mol. The van der Waals surface area contributed by atoms with Crippen LogP contribution in [0.1, 0.15) is 12.5 Å². The standard InChI is InChI=1S/C11H11Cl2FNO/c1-2-15-11(16)10(13)5-7-3-4-8(14)6-9(7)12/h3,6,10H,2,5H2,1H3,(H,15,16). The van der Waals surface area contributed by atoms with Gasteiger partial charge in [0.05, 0.1) is 0 Å². The number of benzene rings is 1. The summed E-state index contributed by atoms with van der Waals surface area (Å²) in [4.78, 5) is 11.4. The van der Waals surface area contributed by atoms with Crippen LogP contribution in [0.3, 0.4) is 0 Å². The van der Waals surface area contributed by atoms with E-state index < -0.39 is 11.2 Å². The van der Waals surface area contributed by atoms with Gasteiger partial charge < -0.3 is 5.32 Å². The highest BCUT2D eigenvalue weighted by Crippen LogP contribution is 2.19. The summed E-state index contributed by atoms with van der Waals surface area (Å²) in [5, 5.41) is 2.14. The first-order valence-corrected chi connectivity index (χ1v) is 5.63. The van der Waals surface area contributed by atoms with Crippen molar-refractivity contribution < 1.29 is 9.18 Å². The number of hydrogen-bond donors (Lipinski definition) is 1. The van der Waals surface area contributed by atoms with Crippen LogP contribution in [0.2, 0.25) is 5.02 Å². The Bertz CT molecular complexity index is 384. The summed E-state index contributed by atoms with van der Waals surface area (Å²) in [7, 11) is 0. The van der Waals surface area contributed by atoms with E-state index in [0.717, 1.165) is 6.07 Å². The van der Waals surface area contributed by atoms with E-state index in [1.807, 2.05) is 0 Å². The van der Waals surface area contributed by atoms with Crippen LogP contribution >= 0.6 is 23.2 Å². The Morgan fingerprint density at radius 2 is 2.38 bits per heavy atom. The average Bonchev–Trinajstić information content (AvgIpc) is 2.22. The summed E-state index contributed by atoms with van der Waals surface area (Å²) in [6, 6.07) is 4.94. The predicted molar refractivity (Wildman–Crippen MR) is 62.3 cm³/mol. The molecule has 1 unspecified atom stereocenters. The van der Waals surface area contributed by atoms with Crippen LogP contribution in [-0.4, -0.2) is 17.8 Å². The third-order valence-electron chi connectivity index (χ3n) is 1.98. The summed E-state index contributed by atoms with van der Waals surface area (Å²) < 4.78 is 12.7. The Hall–Kier alpha value is -0.800. The minimum absolute atomic E-state index is 0.253. The maximum absolute atomic E-state index is 12.7. The zero-order chi connectivity index (χ0) is 12.1. The molecule has 1 atom stereocenters. The van der Waals surface area contributed by atoms with Gasteiger partial charge in [0, 0.05) is 17.6 Å². The number of amides is 1. The maximum Gasteiger partial charge on any atom is 0.238 e. The summed E-state index contributed by atoms with van der Waals surface area (Å²) in [6.07, 6.45) is 0.253. The molecule has 0 bridgehead atoms. The van der Waals surface area contributed by atoms with E-state index in [-0.39, 0.29) is 17.4 Å². The van der Waals surface area contributed by atoms with Crippen molar-refractivity contribution in [2.75, 3.05) is 6.54 Å². The van der Waals surface area contributed by atoms with Gasteiger partial charge in [0.1, 0.15) is 11.2 Å². The molecule has 0 aliphatic heterocycles. The van der Waals surface area contributed by atoms with Crippen LogP contribution in [0, 0.1) is 11.9 Å². The largest absolute Gasteiger partial charge is 0.355 e. The Morgan fingerprint density at radius 3 is 2.94 bits per heavy atom. The molecule has 5 heteroatoms. The van der Waals surface area contributed by atoms with Crippen LogP contribution in [0.5, 0.6) is 0 Å². The smallest absolute Gasteiger partial charge is 0.238 e. The van der Waals surface area contributed by atoms with Crippen LogP contribution in [0.4, 0.5) is 4.39 Å². The number of halogens is 3. The lowest BCUT2D eigenvalue weighted by molar-refractivity contribution is -0.120. The molecular formula is C11H11Cl2FNO. The molecule has 0 heterocycles. The molecule has 87 valence electrons. The number of hydrogen-bond acceptors (Lipinski definition) is 1. The Labute approximate surface area is 104 Å². The van der Waals surface area contributed by atoms with Crippen molar-refractivity contribution in [3.63, 3.8) is 0 Å². The molecule has 0 saturated carbocycles. The van der Waals surface area contributed by atoms with Crippen molar-refractivity contribution in [3.8, 4) is 0 Å². The van der Waals surface area contributed by atoms with Crippen molar-refractivity contribution >= 4 is 29.1 Å². The molecule has 0 saturated heterocycles. The highest BCUT2D eigenvalue weighted by Gasteiger charge is 2.16. The summed E-state index contributed by atoms with van der Waals surface area (Å²) in [5.74, 6) is -0.789. The first-order chi connectivity index (χ1) is 7.54. The molecule has 16 heavy (non-hydrogen) atoms. The van der Waals surface area contributed by atoms with Gasteiger partial charge in [-0.25, -0.2) is 4.39 Å². The molecule has 1 amide bonds. The normalized spacial score (nSPS) is 12.2. The first-order valence-electron chi connectivity index (χ1n) is 4.82. The predicted octanol–water partition coefficient (Wildman–Crippen LogP) is 2.57. The molecule has 1 rings (SSSR count). The van der Waals surface area contributed by atoms with Gasteiger partial charge in [-0.15, -0.1) is 11.6 Å². The van der Waals surface area contributed by atoms with Gasteiger partial charge in [0.15, 0.2) is 0 Å². The second-order valence-electron chi connectivity index (χ2n) is 3.22. The topological polar surface area (TPSA) is 29.1 Å². The zero-order valence-electron chi connectivity index (χ0n) is 8.69. The summed E-state index contributed by atoms with van der Waals surface area (Å²) >= 11 is 11.7. The van der Waals surface area contributed by atoms with Crippen LogP contribution in [0.25, 0.3) is 0 Å². The summed E-state index contributed by atoms with van der Waals surface area (Å²) in [5.41, 5.74) is 0.606. The van der Waals surface area contributed by atoms with Crippen LogP contribution < -0.4 is 5.32 Å². The molecule has 1 N–H and O–H groups in total. The summed E-state index contributed by atoms with van der Waals surface area (Å²) in [6.45, 7) is 2.32. The van der Waals surface area contributed by atoms with Crippen molar-refractivity contribution in [2.45, 2.75) is 18.7 Å². The van der Waals surface area contributed by atoms with E-state index in [4.69, 9.17) is 23.2 Å². The quantitative estimate of drug-likeness (QED) is 0.831. The van der Waals surface area contributed by atoms with Crippen molar-refractivity contribution in [2.24, 2.45) is 0 Å². The lowest BCUT2D eigenvalue weighted by Gasteiger charge is -2.10. The Balaban J connectivity index is 2.69.